The van der Waals surface area contributed by atoms with Gasteiger partial charge in [-0.25, -0.2) is 0 Å². The summed E-state index contributed by atoms with van der Waals surface area (Å²) in [5, 5.41) is 15.1. The fourth-order valence-corrected chi connectivity index (χ4v) is 4.21. The van der Waals surface area contributed by atoms with Crippen LogP contribution < -0.4 is 5.32 Å². The molecule has 4 nitrogen and oxygen atoms in total. The van der Waals surface area contributed by atoms with Crippen molar-refractivity contribution < 1.29 is 4.92 Å². The summed E-state index contributed by atoms with van der Waals surface area (Å²) >= 11 is 0. The molecular formula is C20H20N2O2. The molecule has 0 fully saturated rings. The Labute approximate surface area is 141 Å². The van der Waals surface area contributed by atoms with Crippen LogP contribution in [-0.4, -0.2) is 4.92 Å². The second-order valence-corrected chi connectivity index (χ2v) is 6.77. The molecular weight excluding hydrogens is 300 g/mol. The summed E-state index contributed by atoms with van der Waals surface area (Å²) in [6, 6.07) is 12.1. The highest BCUT2D eigenvalue weighted by Gasteiger charge is 2.41. The van der Waals surface area contributed by atoms with Crippen molar-refractivity contribution in [2.24, 2.45) is 5.92 Å². The van der Waals surface area contributed by atoms with Crippen LogP contribution in [0, 0.1) is 29.9 Å². The molecule has 0 saturated carbocycles. The van der Waals surface area contributed by atoms with Gasteiger partial charge in [-0.1, -0.05) is 42.5 Å². The van der Waals surface area contributed by atoms with Crippen molar-refractivity contribution in [2.45, 2.75) is 32.2 Å². The summed E-state index contributed by atoms with van der Waals surface area (Å²) in [5.41, 5.74) is 5.33. The van der Waals surface area contributed by atoms with Crippen molar-refractivity contribution in [1.29, 1.82) is 0 Å². The van der Waals surface area contributed by atoms with Gasteiger partial charge in [0.05, 0.1) is 11.0 Å². The van der Waals surface area contributed by atoms with E-state index in [2.05, 4.69) is 36.5 Å². The predicted octanol–water partition coefficient (Wildman–Crippen LogP) is 5.04. The predicted molar refractivity (Wildman–Crippen MR) is 95.4 cm³/mol. The highest BCUT2D eigenvalue weighted by atomic mass is 16.6. The van der Waals surface area contributed by atoms with Gasteiger partial charge in [0.2, 0.25) is 0 Å². The maximum absolute atomic E-state index is 11.6. The minimum absolute atomic E-state index is 0.0968. The molecule has 1 N–H and O–H groups in total. The zero-order valence-electron chi connectivity index (χ0n) is 13.8. The van der Waals surface area contributed by atoms with Gasteiger partial charge in [-0.2, -0.15) is 0 Å². The molecule has 0 bridgehead atoms. The minimum atomic E-state index is -0.265. The molecule has 1 aliphatic carbocycles. The number of rotatable bonds is 2. The monoisotopic (exact) mass is 320 g/mol. The summed E-state index contributed by atoms with van der Waals surface area (Å²) in [6.45, 7) is 4.03. The summed E-state index contributed by atoms with van der Waals surface area (Å²) < 4.78 is 0. The molecule has 3 atom stereocenters. The van der Waals surface area contributed by atoms with Crippen LogP contribution in [0.15, 0.2) is 48.6 Å². The molecule has 0 saturated heterocycles. The van der Waals surface area contributed by atoms with Gasteiger partial charge in [-0.05, 0) is 48.4 Å². The molecule has 2 aromatic carbocycles. The quantitative estimate of drug-likeness (QED) is 0.479. The van der Waals surface area contributed by atoms with E-state index >= 15 is 0 Å². The second-order valence-electron chi connectivity index (χ2n) is 6.77. The lowest BCUT2D eigenvalue weighted by atomic mass is 9.74. The molecule has 122 valence electrons. The summed E-state index contributed by atoms with van der Waals surface area (Å²) in [7, 11) is 0. The average molecular weight is 320 g/mol. The number of hydrogen-bond donors (Lipinski definition) is 1. The standard InChI is InChI=1S/C20H20N2O2/c1-12-11-17(22(23)24)20-18(13(12)2)15-9-6-10-16(15)19(21-20)14-7-4-3-5-8-14/h3-9,11,15-16,19,21H,10H2,1-2H3/t15-,16+,19?/m1/s1. The zero-order valence-corrected chi connectivity index (χ0v) is 13.8. The first-order valence-electron chi connectivity index (χ1n) is 8.34. The first-order chi connectivity index (χ1) is 11.6. The third kappa shape index (κ3) is 2.13. The Bertz CT molecular complexity index is 842. The van der Waals surface area contributed by atoms with E-state index in [1.54, 1.807) is 6.07 Å². The van der Waals surface area contributed by atoms with E-state index in [0.29, 0.717) is 11.6 Å². The van der Waals surface area contributed by atoms with Crippen molar-refractivity contribution >= 4 is 11.4 Å². The fraction of sp³-hybridized carbons (Fsp3) is 0.300. The molecule has 1 unspecified atom stereocenters. The topological polar surface area (TPSA) is 55.2 Å². The second kappa shape index (κ2) is 5.48. The van der Waals surface area contributed by atoms with Gasteiger partial charge in [0.15, 0.2) is 0 Å². The molecule has 4 rings (SSSR count). The number of nitrogens with zero attached hydrogens (tertiary/aromatic N) is 1. The largest absolute Gasteiger partial charge is 0.372 e. The Morgan fingerprint density at radius 2 is 1.96 bits per heavy atom. The minimum Gasteiger partial charge on any atom is -0.372 e. The van der Waals surface area contributed by atoms with Crippen LogP contribution in [0.5, 0.6) is 0 Å². The lowest BCUT2D eigenvalue weighted by Gasteiger charge is -2.38. The van der Waals surface area contributed by atoms with Crippen LogP contribution in [0.3, 0.4) is 0 Å². The van der Waals surface area contributed by atoms with E-state index < -0.39 is 0 Å². The SMILES string of the molecule is Cc1cc([N+](=O)[O-])c2c(c1C)[C@@H]1C=CC[C@@H]1C(c1ccccc1)N2. The van der Waals surface area contributed by atoms with E-state index in [1.807, 2.05) is 25.1 Å². The molecule has 1 heterocycles. The van der Waals surface area contributed by atoms with E-state index in [0.717, 1.165) is 23.1 Å². The molecule has 2 aromatic rings. The maximum atomic E-state index is 11.6. The number of fused-ring (bicyclic) bond motifs is 3. The molecule has 0 spiro atoms. The van der Waals surface area contributed by atoms with Gasteiger partial charge in [0, 0.05) is 12.0 Å². The van der Waals surface area contributed by atoms with Crippen molar-refractivity contribution in [3.8, 4) is 0 Å². The van der Waals surface area contributed by atoms with Gasteiger partial charge >= 0.3 is 0 Å². The molecule has 0 radical (unpaired) electrons. The molecule has 0 amide bonds. The fourth-order valence-electron chi connectivity index (χ4n) is 4.21. The molecule has 2 aliphatic rings. The Kier molecular flexibility index (Phi) is 3.41. The third-order valence-electron chi connectivity index (χ3n) is 5.50. The van der Waals surface area contributed by atoms with Crippen molar-refractivity contribution in [2.75, 3.05) is 5.32 Å². The first kappa shape index (κ1) is 14.9. The van der Waals surface area contributed by atoms with Crippen molar-refractivity contribution in [3.63, 3.8) is 0 Å². The van der Waals surface area contributed by atoms with E-state index in [9.17, 15) is 10.1 Å². The number of nitro benzene ring substituents is 1. The van der Waals surface area contributed by atoms with Gasteiger partial charge in [0.25, 0.3) is 5.69 Å². The maximum Gasteiger partial charge on any atom is 0.292 e. The summed E-state index contributed by atoms with van der Waals surface area (Å²) in [6.07, 6.45) is 5.45. The summed E-state index contributed by atoms with van der Waals surface area (Å²) in [5.74, 6) is 0.644. The Balaban J connectivity index is 1.92. The van der Waals surface area contributed by atoms with Crippen LogP contribution in [0.2, 0.25) is 0 Å². The smallest absolute Gasteiger partial charge is 0.292 e. The normalized spacial score (nSPS) is 24.2. The highest BCUT2D eigenvalue weighted by Crippen LogP contribution is 2.53. The molecule has 1 aliphatic heterocycles. The number of nitro groups is 1. The van der Waals surface area contributed by atoms with E-state index in [-0.39, 0.29) is 22.6 Å². The summed E-state index contributed by atoms with van der Waals surface area (Å²) in [4.78, 5) is 11.4. The van der Waals surface area contributed by atoms with Crippen LogP contribution in [0.25, 0.3) is 0 Å². The number of aryl methyl sites for hydroxylation is 1. The van der Waals surface area contributed by atoms with Gasteiger partial charge in [-0.3, -0.25) is 10.1 Å². The first-order valence-corrected chi connectivity index (χ1v) is 8.34. The zero-order chi connectivity index (χ0) is 16.8. The van der Waals surface area contributed by atoms with Crippen LogP contribution in [0.4, 0.5) is 11.4 Å². The number of anilines is 1. The van der Waals surface area contributed by atoms with Crippen molar-refractivity contribution in [1.82, 2.24) is 0 Å². The number of hydrogen-bond acceptors (Lipinski definition) is 3. The van der Waals surface area contributed by atoms with Gasteiger partial charge in [0.1, 0.15) is 5.69 Å². The molecule has 4 heteroatoms. The van der Waals surface area contributed by atoms with Crippen LogP contribution >= 0.6 is 0 Å². The number of nitrogens with one attached hydrogen (secondary N) is 1. The van der Waals surface area contributed by atoms with E-state index in [1.165, 1.54) is 5.56 Å². The Morgan fingerprint density at radius 1 is 1.21 bits per heavy atom. The highest BCUT2D eigenvalue weighted by molar-refractivity contribution is 5.74. The number of benzene rings is 2. The third-order valence-corrected chi connectivity index (χ3v) is 5.50. The van der Waals surface area contributed by atoms with Gasteiger partial charge < -0.3 is 5.32 Å². The van der Waals surface area contributed by atoms with Crippen LogP contribution in [-0.2, 0) is 0 Å². The van der Waals surface area contributed by atoms with E-state index in [4.69, 9.17) is 0 Å². The lowest BCUT2D eigenvalue weighted by molar-refractivity contribution is -0.384. The van der Waals surface area contributed by atoms with Crippen molar-refractivity contribution in [3.05, 3.63) is 80.9 Å². The Hall–Kier alpha value is -2.62. The average Bonchev–Trinajstić information content (AvgIpc) is 3.07. The number of allylic oxidation sites excluding steroid dienone is 2. The Morgan fingerprint density at radius 3 is 2.67 bits per heavy atom. The molecule has 0 aromatic heterocycles. The van der Waals surface area contributed by atoms with Crippen LogP contribution in [0.1, 0.15) is 40.6 Å². The lowest BCUT2D eigenvalue weighted by Crippen LogP contribution is -2.30. The molecule has 24 heavy (non-hydrogen) atoms. The van der Waals surface area contributed by atoms with Gasteiger partial charge in [-0.15, -0.1) is 0 Å².